The summed E-state index contributed by atoms with van der Waals surface area (Å²) < 4.78 is 4.71. The van der Waals surface area contributed by atoms with Crippen molar-refractivity contribution < 1.29 is 14.3 Å². The zero-order valence-electron chi connectivity index (χ0n) is 10.8. The lowest BCUT2D eigenvalue weighted by Crippen LogP contribution is -2.35. The van der Waals surface area contributed by atoms with Gasteiger partial charge in [0.1, 0.15) is 6.07 Å². The Morgan fingerprint density at radius 2 is 2.16 bits per heavy atom. The number of para-hydroxylation sites is 1. The molecule has 1 amide bonds. The van der Waals surface area contributed by atoms with Crippen LogP contribution in [0.4, 0.5) is 5.69 Å². The molecule has 1 saturated heterocycles. The first-order valence-corrected chi connectivity index (χ1v) is 5.99. The van der Waals surface area contributed by atoms with Crippen molar-refractivity contribution in [3.05, 3.63) is 29.8 Å². The maximum atomic E-state index is 12.1. The SMILES string of the molecule is COC(=O)C1CC(=O)N(c2ccccc2C#N)C1C. The molecule has 2 unspecified atom stereocenters. The average molecular weight is 258 g/mol. The summed E-state index contributed by atoms with van der Waals surface area (Å²) in [6.07, 6.45) is 0.119. The molecule has 1 aliphatic rings. The monoisotopic (exact) mass is 258 g/mol. The van der Waals surface area contributed by atoms with E-state index in [2.05, 4.69) is 6.07 Å². The smallest absolute Gasteiger partial charge is 0.311 e. The number of rotatable bonds is 2. The van der Waals surface area contributed by atoms with Crippen LogP contribution in [0, 0.1) is 17.2 Å². The van der Waals surface area contributed by atoms with Gasteiger partial charge in [0, 0.05) is 12.5 Å². The summed E-state index contributed by atoms with van der Waals surface area (Å²) in [6.45, 7) is 1.79. The summed E-state index contributed by atoms with van der Waals surface area (Å²) >= 11 is 0. The number of nitrogens with zero attached hydrogens (tertiary/aromatic N) is 2. The Hall–Kier alpha value is -2.35. The molecule has 1 aliphatic heterocycles. The van der Waals surface area contributed by atoms with E-state index in [4.69, 9.17) is 10.00 Å². The molecule has 19 heavy (non-hydrogen) atoms. The number of carbonyl (C=O) groups is 2. The number of hydrogen-bond acceptors (Lipinski definition) is 4. The topological polar surface area (TPSA) is 70.4 Å². The van der Waals surface area contributed by atoms with Gasteiger partial charge in [0.15, 0.2) is 0 Å². The van der Waals surface area contributed by atoms with Gasteiger partial charge in [0.2, 0.25) is 5.91 Å². The minimum Gasteiger partial charge on any atom is -0.469 e. The predicted octanol–water partition coefficient (Wildman–Crippen LogP) is 1.47. The number of methoxy groups -OCH3 is 1. The van der Waals surface area contributed by atoms with E-state index < -0.39 is 11.9 Å². The lowest BCUT2D eigenvalue weighted by atomic mass is 10.0. The zero-order valence-corrected chi connectivity index (χ0v) is 10.8. The molecule has 0 aromatic heterocycles. The molecule has 0 aliphatic carbocycles. The van der Waals surface area contributed by atoms with Crippen LogP contribution in [0.2, 0.25) is 0 Å². The normalized spacial score (nSPS) is 22.2. The number of benzene rings is 1. The van der Waals surface area contributed by atoms with Crippen LogP contribution in [-0.4, -0.2) is 25.0 Å². The van der Waals surface area contributed by atoms with Crippen LogP contribution in [0.1, 0.15) is 18.9 Å². The zero-order chi connectivity index (χ0) is 14.0. The lowest BCUT2D eigenvalue weighted by Gasteiger charge is -2.24. The van der Waals surface area contributed by atoms with E-state index in [0.717, 1.165) is 0 Å². The number of hydrogen-bond donors (Lipinski definition) is 0. The molecule has 0 spiro atoms. The van der Waals surface area contributed by atoms with Gasteiger partial charge in [0.25, 0.3) is 0 Å². The van der Waals surface area contributed by atoms with Crippen molar-refractivity contribution in [3.63, 3.8) is 0 Å². The number of anilines is 1. The summed E-state index contributed by atoms with van der Waals surface area (Å²) in [7, 11) is 1.31. The van der Waals surface area contributed by atoms with Crippen LogP contribution in [0.15, 0.2) is 24.3 Å². The standard InChI is InChI=1S/C14H14N2O3/c1-9-11(14(18)19-2)7-13(17)16(9)12-6-4-3-5-10(12)8-15/h3-6,9,11H,7H2,1-2H3. The first-order valence-electron chi connectivity index (χ1n) is 5.99. The minimum absolute atomic E-state index is 0.119. The molecule has 98 valence electrons. The van der Waals surface area contributed by atoms with Crippen molar-refractivity contribution in [2.24, 2.45) is 5.92 Å². The molecule has 0 N–H and O–H groups in total. The molecule has 0 radical (unpaired) electrons. The largest absolute Gasteiger partial charge is 0.469 e. The van der Waals surface area contributed by atoms with Crippen LogP contribution in [0.5, 0.6) is 0 Å². The number of esters is 1. The summed E-state index contributed by atoms with van der Waals surface area (Å²) in [6, 6.07) is 8.63. The summed E-state index contributed by atoms with van der Waals surface area (Å²) in [5, 5.41) is 9.09. The molecule has 1 heterocycles. The quantitative estimate of drug-likeness (QED) is 0.753. The van der Waals surface area contributed by atoms with Crippen LogP contribution < -0.4 is 4.90 Å². The van der Waals surface area contributed by atoms with E-state index in [1.165, 1.54) is 12.0 Å². The maximum Gasteiger partial charge on any atom is 0.311 e. The molecule has 5 nitrogen and oxygen atoms in total. The summed E-state index contributed by atoms with van der Waals surface area (Å²) in [5.41, 5.74) is 0.974. The molecule has 2 atom stereocenters. The highest BCUT2D eigenvalue weighted by molar-refractivity contribution is 6.01. The predicted molar refractivity (Wildman–Crippen MR) is 68.2 cm³/mol. The summed E-state index contributed by atoms with van der Waals surface area (Å²) in [4.78, 5) is 25.2. The van der Waals surface area contributed by atoms with Crippen molar-refractivity contribution in [1.82, 2.24) is 0 Å². The molecule has 0 bridgehead atoms. The number of nitriles is 1. The first-order chi connectivity index (χ1) is 9.10. The van der Waals surface area contributed by atoms with Crippen LogP contribution in [0.3, 0.4) is 0 Å². The van der Waals surface area contributed by atoms with Gasteiger partial charge >= 0.3 is 5.97 Å². The van der Waals surface area contributed by atoms with Crippen molar-refractivity contribution in [2.45, 2.75) is 19.4 Å². The minimum atomic E-state index is -0.482. The molecule has 5 heteroatoms. The van der Waals surface area contributed by atoms with Gasteiger partial charge in [-0.25, -0.2) is 0 Å². The summed E-state index contributed by atoms with van der Waals surface area (Å²) in [5.74, 6) is -1.03. The second kappa shape index (κ2) is 5.11. The third-order valence-electron chi connectivity index (χ3n) is 3.44. The Bertz CT molecular complexity index is 562. The molecule has 1 aromatic carbocycles. The highest BCUT2D eigenvalue weighted by Gasteiger charge is 2.43. The first kappa shape index (κ1) is 13.1. The van der Waals surface area contributed by atoms with E-state index >= 15 is 0 Å². The Morgan fingerprint density at radius 1 is 1.47 bits per heavy atom. The van der Waals surface area contributed by atoms with Gasteiger partial charge < -0.3 is 9.64 Å². The van der Waals surface area contributed by atoms with Crippen molar-refractivity contribution in [1.29, 1.82) is 5.26 Å². The van der Waals surface area contributed by atoms with E-state index in [-0.39, 0.29) is 18.4 Å². The number of carbonyl (C=O) groups excluding carboxylic acids is 2. The van der Waals surface area contributed by atoms with Crippen molar-refractivity contribution in [3.8, 4) is 6.07 Å². The second-order valence-electron chi connectivity index (χ2n) is 4.47. The molecule has 2 rings (SSSR count). The average Bonchev–Trinajstić information content (AvgIpc) is 2.73. The molecule has 0 saturated carbocycles. The number of amides is 1. The van der Waals surface area contributed by atoms with Gasteiger partial charge in [-0.3, -0.25) is 9.59 Å². The Labute approximate surface area is 111 Å². The van der Waals surface area contributed by atoms with Crippen molar-refractivity contribution >= 4 is 17.6 Å². The fourth-order valence-corrected chi connectivity index (χ4v) is 2.43. The third-order valence-corrected chi connectivity index (χ3v) is 3.44. The van der Waals surface area contributed by atoms with E-state index in [0.29, 0.717) is 11.3 Å². The van der Waals surface area contributed by atoms with Gasteiger partial charge in [-0.1, -0.05) is 12.1 Å². The highest BCUT2D eigenvalue weighted by atomic mass is 16.5. The Kier molecular flexibility index (Phi) is 3.52. The van der Waals surface area contributed by atoms with Gasteiger partial charge in [0.05, 0.1) is 24.3 Å². The highest BCUT2D eigenvalue weighted by Crippen LogP contribution is 2.33. The lowest BCUT2D eigenvalue weighted by molar-refractivity contribution is -0.146. The second-order valence-corrected chi connectivity index (χ2v) is 4.47. The van der Waals surface area contributed by atoms with Crippen LogP contribution in [-0.2, 0) is 14.3 Å². The van der Waals surface area contributed by atoms with Crippen LogP contribution >= 0.6 is 0 Å². The van der Waals surface area contributed by atoms with Gasteiger partial charge in [-0.05, 0) is 19.1 Å². The van der Waals surface area contributed by atoms with E-state index in [9.17, 15) is 9.59 Å². The van der Waals surface area contributed by atoms with E-state index in [1.807, 2.05) is 0 Å². The van der Waals surface area contributed by atoms with Gasteiger partial charge in [-0.15, -0.1) is 0 Å². The molecule has 1 aromatic rings. The Morgan fingerprint density at radius 3 is 2.79 bits per heavy atom. The fraction of sp³-hybridized carbons (Fsp3) is 0.357. The maximum absolute atomic E-state index is 12.1. The fourth-order valence-electron chi connectivity index (χ4n) is 2.43. The van der Waals surface area contributed by atoms with Crippen LogP contribution in [0.25, 0.3) is 0 Å². The van der Waals surface area contributed by atoms with E-state index in [1.54, 1.807) is 31.2 Å². The molecular weight excluding hydrogens is 244 g/mol. The third kappa shape index (κ3) is 2.17. The Balaban J connectivity index is 2.38. The van der Waals surface area contributed by atoms with Crippen molar-refractivity contribution in [2.75, 3.05) is 12.0 Å². The number of ether oxygens (including phenoxy) is 1. The van der Waals surface area contributed by atoms with Gasteiger partial charge in [-0.2, -0.15) is 5.26 Å². The molecule has 1 fully saturated rings. The molecular formula is C14H14N2O3.